The van der Waals surface area contributed by atoms with E-state index in [0.29, 0.717) is 11.3 Å². The normalized spacial score (nSPS) is 10.4. The summed E-state index contributed by atoms with van der Waals surface area (Å²) in [5.41, 5.74) is 2.29. The molecule has 0 fully saturated rings. The van der Waals surface area contributed by atoms with Gasteiger partial charge in [0.25, 0.3) is 11.5 Å². The lowest BCUT2D eigenvalue weighted by molar-refractivity contribution is 0.0518. The predicted octanol–water partition coefficient (Wildman–Crippen LogP) is 3.28. The van der Waals surface area contributed by atoms with Gasteiger partial charge in [-0.15, -0.1) is 0 Å². The van der Waals surface area contributed by atoms with Gasteiger partial charge >= 0.3 is 5.97 Å². The van der Waals surface area contributed by atoms with Crippen LogP contribution in [0.3, 0.4) is 0 Å². The van der Waals surface area contributed by atoms with Crippen molar-refractivity contribution in [3.8, 4) is 5.69 Å². The Morgan fingerprint density at radius 1 is 1.03 bits per heavy atom. The van der Waals surface area contributed by atoms with Crippen molar-refractivity contribution < 1.29 is 14.3 Å². The van der Waals surface area contributed by atoms with Gasteiger partial charge in [-0.1, -0.05) is 24.3 Å². The highest BCUT2D eigenvalue weighted by Gasteiger charge is 2.20. The molecule has 1 amide bonds. The monoisotopic (exact) mass is 391 g/mol. The second-order valence-corrected chi connectivity index (χ2v) is 6.47. The number of para-hydroxylation sites is 1. The lowest BCUT2D eigenvalue weighted by atomic mass is 10.1. The van der Waals surface area contributed by atoms with Crippen LogP contribution in [0, 0.1) is 13.8 Å². The molecule has 0 radical (unpaired) electrons. The first kappa shape index (κ1) is 20.0. The van der Waals surface area contributed by atoms with Crippen LogP contribution in [0.1, 0.15) is 38.9 Å². The minimum absolute atomic E-state index is 0.00357. The van der Waals surface area contributed by atoms with Crippen LogP contribution in [0.25, 0.3) is 5.69 Å². The molecule has 0 aliphatic rings. The molecule has 0 unspecified atom stereocenters. The Bertz CT molecular complexity index is 1120. The van der Waals surface area contributed by atoms with Crippen LogP contribution in [0.2, 0.25) is 0 Å². The van der Waals surface area contributed by atoms with E-state index >= 15 is 0 Å². The van der Waals surface area contributed by atoms with E-state index in [2.05, 4.69) is 10.4 Å². The second kappa shape index (κ2) is 8.52. The average Bonchev–Trinajstić information content (AvgIpc) is 2.71. The average molecular weight is 391 g/mol. The quantitative estimate of drug-likeness (QED) is 0.674. The Hall–Kier alpha value is -3.74. The highest BCUT2D eigenvalue weighted by molar-refractivity contribution is 6.07. The Kier molecular flexibility index (Phi) is 5.87. The zero-order valence-corrected chi connectivity index (χ0v) is 16.4. The summed E-state index contributed by atoms with van der Waals surface area (Å²) in [5.74, 6) is -1.18. The minimum atomic E-state index is -0.729. The number of hydrogen-bond donors (Lipinski definition) is 1. The molecule has 0 atom stereocenters. The van der Waals surface area contributed by atoms with Crippen LogP contribution in [-0.4, -0.2) is 28.3 Å². The first-order valence-electron chi connectivity index (χ1n) is 9.16. The first-order valence-corrected chi connectivity index (χ1v) is 9.16. The maximum Gasteiger partial charge on any atom is 0.360 e. The molecule has 0 spiro atoms. The molecule has 0 saturated carbocycles. The number of carbonyl (C=O) groups excluding carboxylic acids is 2. The lowest BCUT2D eigenvalue weighted by Gasteiger charge is -2.13. The maximum atomic E-state index is 12.7. The van der Waals surface area contributed by atoms with Gasteiger partial charge in [0, 0.05) is 11.6 Å². The molecule has 148 valence electrons. The molecule has 0 aliphatic heterocycles. The number of anilines is 1. The van der Waals surface area contributed by atoms with Crippen LogP contribution < -0.4 is 10.9 Å². The third kappa shape index (κ3) is 4.40. The van der Waals surface area contributed by atoms with E-state index in [4.69, 9.17) is 4.74 Å². The second-order valence-electron chi connectivity index (χ2n) is 6.47. The fraction of sp³-hybridized carbons (Fsp3) is 0.182. The Morgan fingerprint density at radius 3 is 2.41 bits per heavy atom. The molecule has 29 heavy (non-hydrogen) atoms. The van der Waals surface area contributed by atoms with E-state index in [-0.39, 0.29) is 18.0 Å². The number of aryl methyl sites for hydroxylation is 2. The first-order chi connectivity index (χ1) is 13.9. The molecule has 1 heterocycles. The molecule has 1 aromatic heterocycles. The topological polar surface area (TPSA) is 90.3 Å². The minimum Gasteiger partial charge on any atom is -0.461 e. The van der Waals surface area contributed by atoms with Crippen molar-refractivity contribution in [1.82, 2.24) is 9.78 Å². The van der Waals surface area contributed by atoms with E-state index in [1.165, 1.54) is 6.07 Å². The van der Waals surface area contributed by atoms with Gasteiger partial charge in [0.15, 0.2) is 5.69 Å². The molecule has 0 bridgehead atoms. The van der Waals surface area contributed by atoms with Crippen LogP contribution >= 0.6 is 0 Å². The summed E-state index contributed by atoms with van der Waals surface area (Å²) in [7, 11) is 0. The lowest BCUT2D eigenvalue weighted by Crippen LogP contribution is -2.27. The van der Waals surface area contributed by atoms with Gasteiger partial charge in [0.05, 0.1) is 18.0 Å². The van der Waals surface area contributed by atoms with E-state index in [9.17, 15) is 14.4 Å². The van der Waals surface area contributed by atoms with Crippen molar-refractivity contribution in [2.75, 3.05) is 11.9 Å². The summed E-state index contributed by atoms with van der Waals surface area (Å²) in [6, 6.07) is 15.1. The van der Waals surface area contributed by atoms with E-state index in [0.717, 1.165) is 15.8 Å². The van der Waals surface area contributed by atoms with Crippen LogP contribution in [0.5, 0.6) is 0 Å². The van der Waals surface area contributed by atoms with Crippen molar-refractivity contribution in [2.24, 2.45) is 0 Å². The number of carbonyl (C=O) groups is 2. The number of esters is 1. The number of benzene rings is 2. The number of nitrogens with zero attached hydrogens (tertiary/aromatic N) is 2. The fourth-order valence-electron chi connectivity index (χ4n) is 2.73. The Morgan fingerprint density at radius 2 is 1.76 bits per heavy atom. The summed E-state index contributed by atoms with van der Waals surface area (Å²) in [6.45, 7) is 5.65. The van der Waals surface area contributed by atoms with Gasteiger partial charge in [-0.05, 0) is 56.2 Å². The zero-order valence-electron chi connectivity index (χ0n) is 16.4. The van der Waals surface area contributed by atoms with E-state index in [1.807, 2.05) is 19.9 Å². The SMILES string of the molecule is CCOC(=O)c1nn(-c2ccccc2)c(=O)cc1NC(=O)c1ccc(C)c(C)c1. The fourth-order valence-corrected chi connectivity index (χ4v) is 2.73. The van der Waals surface area contributed by atoms with Crippen molar-refractivity contribution >= 4 is 17.6 Å². The molecule has 7 nitrogen and oxygen atoms in total. The highest BCUT2D eigenvalue weighted by Crippen LogP contribution is 2.16. The summed E-state index contributed by atoms with van der Waals surface area (Å²) in [4.78, 5) is 37.7. The summed E-state index contributed by atoms with van der Waals surface area (Å²) >= 11 is 0. The third-order valence-corrected chi connectivity index (χ3v) is 4.42. The molecule has 1 N–H and O–H groups in total. The van der Waals surface area contributed by atoms with Crippen LogP contribution in [0.15, 0.2) is 59.4 Å². The smallest absolute Gasteiger partial charge is 0.360 e. The summed E-state index contributed by atoms with van der Waals surface area (Å²) in [5, 5.41) is 6.77. The van der Waals surface area contributed by atoms with E-state index in [1.54, 1.807) is 49.4 Å². The number of ether oxygens (including phenoxy) is 1. The Balaban J connectivity index is 2.04. The molecule has 7 heteroatoms. The predicted molar refractivity (Wildman–Crippen MR) is 110 cm³/mol. The number of nitrogens with one attached hydrogen (secondary N) is 1. The van der Waals surface area contributed by atoms with Crippen LogP contribution in [-0.2, 0) is 4.74 Å². The molecule has 3 rings (SSSR count). The van der Waals surface area contributed by atoms with Crippen molar-refractivity contribution in [2.45, 2.75) is 20.8 Å². The zero-order chi connectivity index (χ0) is 21.0. The number of rotatable bonds is 5. The molecule has 2 aromatic carbocycles. The molecule has 3 aromatic rings. The van der Waals surface area contributed by atoms with Gasteiger partial charge in [0.1, 0.15) is 0 Å². The maximum absolute atomic E-state index is 12.7. The van der Waals surface area contributed by atoms with Crippen molar-refractivity contribution in [1.29, 1.82) is 0 Å². The molecule has 0 saturated heterocycles. The van der Waals surface area contributed by atoms with Gasteiger partial charge < -0.3 is 10.1 Å². The van der Waals surface area contributed by atoms with Gasteiger partial charge in [-0.2, -0.15) is 9.78 Å². The molecular formula is C22H21N3O4. The van der Waals surface area contributed by atoms with Gasteiger partial charge in [0.2, 0.25) is 0 Å². The van der Waals surface area contributed by atoms with Gasteiger partial charge in [-0.3, -0.25) is 9.59 Å². The summed E-state index contributed by atoms with van der Waals surface area (Å²) < 4.78 is 6.15. The molecule has 0 aliphatic carbocycles. The van der Waals surface area contributed by atoms with Crippen molar-refractivity contribution in [3.63, 3.8) is 0 Å². The standard InChI is InChI=1S/C22H21N3O4/c1-4-29-22(28)20-18(23-21(27)16-11-10-14(2)15(3)12-16)13-19(26)25(24-20)17-8-6-5-7-9-17/h5-13H,4H2,1-3H3,(H,23,27). The highest BCUT2D eigenvalue weighted by atomic mass is 16.5. The largest absolute Gasteiger partial charge is 0.461 e. The third-order valence-electron chi connectivity index (χ3n) is 4.42. The van der Waals surface area contributed by atoms with Crippen LogP contribution in [0.4, 0.5) is 5.69 Å². The van der Waals surface area contributed by atoms with E-state index < -0.39 is 17.4 Å². The summed E-state index contributed by atoms with van der Waals surface area (Å²) in [6.07, 6.45) is 0. The number of amides is 1. The number of hydrogen-bond acceptors (Lipinski definition) is 5. The molecular weight excluding hydrogens is 370 g/mol. The number of aromatic nitrogens is 2. The Labute approximate surface area is 168 Å². The van der Waals surface area contributed by atoms with Gasteiger partial charge in [-0.25, -0.2) is 4.79 Å². The van der Waals surface area contributed by atoms with Crippen molar-refractivity contribution in [3.05, 3.63) is 87.3 Å².